The minimum absolute atomic E-state index is 0.236. The Morgan fingerprint density at radius 2 is 2.29 bits per heavy atom. The van der Waals surface area contributed by atoms with E-state index in [-0.39, 0.29) is 6.04 Å². The van der Waals surface area contributed by atoms with Gasteiger partial charge in [-0.25, -0.2) is 5.43 Å². The summed E-state index contributed by atoms with van der Waals surface area (Å²) in [6.45, 7) is 2.90. The van der Waals surface area contributed by atoms with Crippen LogP contribution >= 0.6 is 34.2 Å². The molecule has 0 aliphatic heterocycles. The number of aromatic nitrogens is 2. The van der Waals surface area contributed by atoms with Crippen LogP contribution < -0.4 is 16.0 Å². The first-order valence-electron chi connectivity index (χ1n) is 6.63. The zero-order chi connectivity index (χ0) is 15.4. The highest BCUT2D eigenvalue weighted by Gasteiger charge is 2.24. The molecule has 0 aliphatic carbocycles. The third-order valence-corrected chi connectivity index (χ3v) is 4.43. The first kappa shape index (κ1) is 16.5. The number of rotatable bonds is 6. The summed E-state index contributed by atoms with van der Waals surface area (Å²) in [6, 6.07) is 5.51. The normalized spacial score (nSPS) is 12.4. The molecule has 2 aromatic rings. The smallest absolute Gasteiger partial charge is 0.161 e. The molecule has 7 heteroatoms. The van der Waals surface area contributed by atoms with Crippen molar-refractivity contribution in [3.05, 3.63) is 44.2 Å². The van der Waals surface area contributed by atoms with Crippen LogP contribution in [0.15, 0.2) is 24.4 Å². The molecule has 3 N–H and O–H groups in total. The number of hydrogen-bond acceptors (Lipinski definition) is 4. The molecule has 21 heavy (non-hydrogen) atoms. The molecular weight excluding hydrogens is 403 g/mol. The molecule has 5 nitrogen and oxygen atoms in total. The Bertz CT molecular complexity index is 617. The maximum absolute atomic E-state index is 6.13. The zero-order valence-corrected chi connectivity index (χ0v) is 14.9. The van der Waals surface area contributed by atoms with Crippen LogP contribution in [0.4, 0.5) is 0 Å². The Morgan fingerprint density at radius 3 is 2.90 bits per heavy atom. The van der Waals surface area contributed by atoms with Crippen molar-refractivity contribution in [1.82, 2.24) is 15.2 Å². The summed E-state index contributed by atoms with van der Waals surface area (Å²) in [4.78, 5) is 0. The van der Waals surface area contributed by atoms with E-state index in [1.807, 2.05) is 22.9 Å². The molecule has 1 aromatic heterocycles. The molecule has 0 fully saturated rings. The molecule has 1 unspecified atom stereocenters. The van der Waals surface area contributed by atoms with Gasteiger partial charge in [-0.1, -0.05) is 18.5 Å². The third-order valence-electron chi connectivity index (χ3n) is 3.21. The van der Waals surface area contributed by atoms with Crippen molar-refractivity contribution >= 4 is 34.2 Å². The molecular formula is C14H18ClIN4O. The fourth-order valence-electron chi connectivity index (χ4n) is 2.27. The highest BCUT2D eigenvalue weighted by molar-refractivity contribution is 14.1. The first-order chi connectivity index (χ1) is 10.1. The van der Waals surface area contributed by atoms with Crippen molar-refractivity contribution < 1.29 is 4.74 Å². The van der Waals surface area contributed by atoms with E-state index in [1.165, 1.54) is 0 Å². The lowest BCUT2D eigenvalue weighted by Crippen LogP contribution is -2.31. The number of nitrogens with one attached hydrogen (secondary N) is 1. The van der Waals surface area contributed by atoms with Gasteiger partial charge in [0.2, 0.25) is 0 Å². The summed E-state index contributed by atoms with van der Waals surface area (Å²) >= 11 is 8.40. The maximum atomic E-state index is 6.13. The van der Waals surface area contributed by atoms with Crippen LogP contribution in [0.1, 0.15) is 30.6 Å². The van der Waals surface area contributed by atoms with Crippen LogP contribution in [-0.2, 0) is 6.54 Å². The molecule has 0 aliphatic rings. The van der Waals surface area contributed by atoms with E-state index < -0.39 is 0 Å². The van der Waals surface area contributed by atoms with E-state index >= 15 is 0 Å². The van der Waals surface area contributed by atoms with Crippen LogP contribution in [-0.4, -0.2) is 16.9 Å². The fraction of sp³-hybridized carbons (Fsp3) is 0.357. The van der Waals surface area contributed by atoms with Crippen molar-refractivity contribution in [2.75, 3.05) is 7.11 Å². The summed E-state index contributed by atoms with van der Waals surface area (Å²) in [5.41, 5.74) is 4.76. The number of benzene rings is 1. The van der Waals surface area contributed by atoms with Gasteiger partial charge >= 0.3 is 0 Å². The molecule has 1 aromatic carbocycles. The minimum atomic E-state index is -0.236. The van der Waals surface area contributed by atoms with Gasteiger partial charge in [-0.2, -0.15) is 5.10 Å². The third kappa shape index (κ3) is 3.50. The highest BCUT2D eigenvalue weighted by Crippen LogP contribution is 2.33. The summed E-state index contributed by atoms with van der Waals surface area (Å²) in [7, 11) is 1.63. The number of hydrogen-bond donors (Lipinski definition) is 2. The number of ether oxygens (including phenoxy) is 1. The lowest BCUT2D eigenvalue weighted by atomic mass is 10.0. The van der Waals surface area contributed by atoms with Crippen molar-refractivity contribution in [1.29, 1.82) is 0 Å². The molecule has 0 saturated heterocycles. The van der Waals surface area contributed by atoms with Crippen LogP contribution in [0, 0.1) is 3.57 Å². The van der Waals surface area contributed by atoms with Crippen molar-refractivity contribution in [2.45, 2.75) is 25.9 Å². The molecule has 2 rings (SSSR count). The summed E-state index contributed by atoms with van der Waals surface area (Å²) in [5, 5.41) is 5.06. The van der Waals surface area contributed by atoms with E-state index in [4.69, 9.17) is 22.2 Å². The summed E-state index contributed by atoms with van der Waals surface area (Å²) < 4.78 is 8.42. The Labute approximate surface area is 142 Å². The number of halogens is 2. The van der Waals surface area contributed by atoms with Crippen LogP contribution in [0.25, 0.3) is 0 Å². The van der Waals surface area contributed by atoms with Gasteiger partial charge in [0.1, 0.15) is 5.69 Å². The van der Waals surface area contributed by atoms with Gasteiger partial charge in [0, 0.05) is 15.1 Å². The number of nitrogens with zero attached hydrogens (tertiary/aromatic N) is 2. The topological polar surface area (TPSA) is 65.1 Å². The standard InChI is InChI=1S/C14H18ClIN4O/c1-3-6-20-14(12(21-2)8-18-20)13(19-17)10-7-9(15)4-5-11(10)16/h4-5,7-8,13,19H,3,6,17H2,1-2H3. The van der Waals surface area contributed by atoms with Gasteiger partial charge in [0.15, 0.2) is 5.75 Å². The monoisotopic (exact) mass is 420 g/mol. The van der Waals surface area contributed by atoms with E-state index in [9.17, 15) is 0 Å². The fourth-order valence-corrected chi connectivity index (χ4v) is 3.10. The predicted octanol–water partition coefficient (Wildman–Crippen LogP) is 3.11. The quantitative estimate of drug-likeness (QED) is 0.428. The Balaban J connectivity index is 2.55. The number of hydrazine groups is 1. The average Bonchev–Trinajstić information content (AvgIpc) is 2.87. The van der Waals surface area contributed by atoms with Crippen molar-refractivity contribution in [3.63, 3.8) is 0 Å². The molecule has 0 amide bonds. The average molecular weight is 421 g/mol. The van der Waals surface area contributed by atoms with E-state index in [0.717, 1.165) is 27.8 Å². The second-order valence-corrected chi connectivity index (χ2v) is 6.19. The van der Waals surface area contributed by atoms with E-state index in [2.05, 4.69) is 40.0 Å². The lowest BCUT2D eigenvalue weighted by molar-refractivity contribution is 0.398. The molecule has 1 heterocycles. The Kier molecular flexibility index (Phi) is 5.86. The van der Waals surface area contributed by atoms with Gasteiger partial charge in [-0.05, 0) is 52.8 Å². The Morgan fingerprint density at radius 1 is 1.52 bits per heavy atom. The summed E-state index contributed by atoms with van der Waals surface area (Å²) in [5.74, 6) is 6.52. The molecule has 0 bridgehead atoms. The first-order valence-corrected chi connectivity index (χ1v) is 8.08. The van der Waals surface area contributed by atoms with Gasteiger partial charge in [0.05, 0.1) is 19.3 Å². The predicted molar refractivity (Wildman–Crippen MR) is 92.4 cm³/mol. The number of aryl methyl sites for hydroxylation is 1. The minimum Gasteiger partial charge on any atom is -0.493 e. The van der Waals surface area contributed by atoms with Gasteiger partial charge in [-0.3, -0.25) is 10.5 Å². The SMILES string of the molecule is CCCn1ncc(OC)c1C(NN)c1cc(Cl)ccc1I. The summed E-state index contributed by atoms with van der Waals surface area (Å²) in [6.07, 6.45) is 2.69. The van der Waals surface area contributed by atoms with Crippen molar-refractivity contribution in [2.24, 2.45) is 5.84 Å². The van der Waals surface area contributed by atoms with E-state index in [0.29, 0.717) is 10.8 Å². The van der Waals surface area contributed by atoms with Crippen LogP contribution in [0.3, 0.4) is 0 Å². The Hall–Kier alpha value is -0.830. The molecule has 0 radical (unpaired) electrons. The molecule has 114 valence electrons. The van der Waals surface area contributed by atoms with Gasteiger partial charge in [-0.15, -0.1) is 0 Å². The van der Waals surface area contributed by atoms with E-state index in [1.54, 1.807) is 13.3 Å². The molecule has 0 spiro atoms. The second-order valence-electron chi connectivity index (χ2n) is 4.59. The molecule has 1 atom stereocenters. The van der Waals surface area contributed by atoms with Crippen LogP contribution in [0.2, 0.25) is 5.02 Å². The van der Waals surface area contributed by atoms with Crippen molar-refractivity contribution in [3.8, 4) is 5.75 Å². The highest BCUT2D eigenvalue weighted by atomic mass is 127. The lowest BCUT2D eigenvalue weighted by Gasteiger charge is -2.21. The number of methoxy groups -OCH3 is 1. The molecule has 0 saturated carbocycles. The van der Waals surface area contributed by atoms with Gasteiger partial charge < -0.3 is 4.74 Å². The largest absolute Gasteiger partial charge is 0.493 e. The number of nitrogens with two attached hydrogens (primary N) is 1. The second kappa shape index (κ2) is 7.44. The zero-order valence-electron chi connectivity index (χ0n) is 11.9. The maximum Gasteiger partial charge on any atom is 0.161 e. The van der Waals surface area contributed by atoms with Gasteiger partial charge in [0.25, 0.3) is 0 Å². The van der Waals surface area contributed by atoms with Crippen LogP contribution in [0.5, 0.6) is 5.75 Å².